The number of hydrogen-bond donors (Lipinski definition) is 8. The van der Waals surface area contributed by atoms with E-state index in [1.54, 1.807) is 0 Å². The molecule has 9 unspecified atom stereocenters. The number of aliphatic hydroxyl groups is 7. The summed E-state index contributed by atoms with van der Waals surface area (Å²) in [6.45, 7) is 3.50. The van der Waals surface area contributed by atoms with Crippen molar-refractivity contribution in [2.75, 3.05) is 13.2 Å². The molecule has 0 spiro atoms. The van der Waals surface area contributed by atoms with Crippen molar-refractivity contribution in [3.05, 3.63) is 12.2 Å². The molecule has 1 rings (SSSR count). The fraction of sp³-hybridized carbons (Fsp3) is 0.953. The normalized spacial score (nSPS) is 19.7. The largest absolute Gasteiger partial charge is 0.394 e. The first-order valence-corrected chi connectivity index (χ1v) is 32.6. The molecule has 0 aromatic rings. The Morgan fingerprint density at radius 1 is 0.453 bits per heavy atom. The number of hydrogen-bond acceptors (Lipinski definition) is 10. The lowest BCUT2D eigenvalue weighted by atomic mass is 9.98. The number of carbonyl (C=O) groups is 1. The van der Waals surface area contributed by atoms with Crippen molar-refractivity contribution in [2.45, 2.75) is 377 Å². The van der Waals surface area contributed by atoms with Gasteiger partial charge in [0, 0.05) is 0 Å². The van der Waals surface area contributed by atoms with Gasteiger partial charge in [-0.3, -0.25) is 4.79 Å². The predicted octanol–water partition coefficient (Wildman–Crippen LogP) is 14.7. The summed E-state index contributed by atoms with van der Waals surface area (Å²) in [7, 11) is 0. The maximum absolute atomic E-state index is 13.2. The number of aliphatic hydroxyl groups excluding tert-OH is 7. The molecule has 75 heavy (non-hydrogen) atoms. The van der Waals surface area contributed by atoms with Crippen molar-refractivity contribution in [3.8, 4) is 0 Å². The van der Waals surface area contributed by atoms with E-state index in [2.05, 4.69) is 31.3 Å². The number of rotatable bonds is 57. The van der Waals surface area contributed by atoms with Gasteiger partial charge in [-0.05, 0) is 38.5 Å². The molecule has 0 saturated carbocycles. The summed E-state index contributed by atoms with van der Waals surface area (Å²) in [4.78, 5) is 13.2. The maximum Gasteiger partial charge on any atom is 0.249 e. The third-order valence-electron chi connectivity index (χ3n) is 16.1. The molecule has 1 saturated heterocycles. The third-order valence-corrected chi connectivity index (χ3v) is 16.1. The van der Waals surface area contributed by atoms with E-state index in [0.717, 1.165) is 38.5 Å². The Morgan fingerprint density at radius 2 is 0.787 bits per heavy atom. The molecule has 0 radical (unpaired) electrons. The van der Waals surface area contributed by atoms with Crippen LogP contribution < -0.4 is 5.32 Å². The molecular weight excluding hydrogens is 943 g/mol. The zero-order chi connectivity index (χ0) is 54.7. The number of carbonyl (C=O) groups excluding carboxylic acids is 1. The standard InChI is InChI=1S/C64H125NO10/c1-3-5-7-9-11-13-15-17-19-21-23-25-27-29-31-33-35-37-39-41-43-45-47-49-51-56(67)59(69)55(54-74-64-62(72)61(71)60(70)58(53-66)75-64)65-63(73)57(68)52-50-48-46-44-42-40-38-36-34-32-30-28-26-24-22-20-18-16-14-12-10-8-6-4-2/h43,45,55-62,64,66-72H,3-42,44,46-54H2,1-2H3,(H,65,73)/b45-43+. The van der Waals surface area contributed by atoms with Gasteiger partial charge in [0.15, 0.2) is 6.29 Å². The van der Waals surface area contributed by atoms with Gasteiger partial charge in [0.1, 0.15) is 36.6 Å². The highest BCUT2D eigenvalue weighted by molar-refractivity contribution is 5.80. The van der Waals surface area contributed by atoms with Gasteiger partial charge in [-0.15, -0.1) is 0 Å². The first-order chi connectivity index (χ1) is 36.7. The third kappa shape index (κ3) is 41.5. The molecule has 446 valence electrons. The Morgan fingerprint density at radius 3 is 1.15 bits per heavy atom. The first-order valence-electron chi connectivity index (χ1n) is 32.6. The number of nitrogens with one attached hydrogen (secondary N) is 1. The van der Waals surface area contributed by atoms with Crippen LogP contribution in [0.5, 0.6) is 0 Å². The summed E-state index contributed by atoms with van der Waals surface area (Å²) in [6.07, 6.45) is 52.8. The molecular formula is C64H125NO10. The van der Waals surface area contributed by atoms with Gasteiger partial charge in [-0.1, -0.05) is 296 Å². The zero-order valence-corrected chi connectivity index (χ0v) is 49.1. The molecule has 0 aromatic heterocycles. The van der Waals surface area contributed by atoms with Crippen LogP contribution in [0.15, 0.2) is 12.2 Å². The van der Waals surface area contributed by atoms with Crippen LogP contribution >= 0.6 is 0 Å². The summed E-state index contributed by atoms with van der Waals surface area (Å²) in [5.41, 5.74) is 0. The Bertz CT molecular complexity index is 1220. The van der Waals surface area contributed by atoms with Gasteiger partial charge < -0.3 is 50.5 Å². The lowest BCUT2D eigenvalue weighted by Crippen LogP contribution is -2.60. The second-order valence-electron chi connectivity index (χ2n) is 23.2. The van der Waals surface area contributed by atoms with E-state index in [4.69, 9.17) is 9.47 Å². The highest BCUT2D eigenvalue weighted by Gasteiger charge is 2.44. The molecule has 9 atom stereocenters. The average Bonchev–Trinajstić information content (AvgIpc) is 3.41. The van der Waals surface area contributed by atoms with Crippen molar-refractivity contribution < 1.29 is 50.0 Å². The van der Waals surface area contributed by atoms with Crippen LogP contribution in [-0.4, -0.2) is 110 Å². The minimum absolute atomic E-state index is 0.260. The summed E-state index contributed by atoms with van der Waals surface area (Å²) in [5.74, 6) is -0.699. The van der Waals surface area contributed by atoms with Crippen LogP contribution in [0.25, 0.3) is 0 Å². The van der Waals surface area contributed by atoms with Crippen molar-refractivity contribution in [1.82, 2.24) is 5.32 Å². The number of unbranched alkanes of at least 4 members (excludes halogenated alkanes) is 43. The van der Waals surface area contributed by atoms with E-state index < -0.39 is 74.2 Å². The molecule has 0 aromatic carbocycles. The lowest BCUT2D eigenvalue weighted by molar-refractivity contribution is -0.303. The quantitative estimate of drug-likeness (QED) is 0.0215. The summed E-state index contributed by atoms with van der Waals surface area (Å²) < 4.78 is 11.2. The summed E-state index contributed by atoms with van der Waals surface area (Å²) >= 11 is 0. The first kappa shape index (κ1) is 71.9. The number of allylic oxidation sites excluding steroid dienone is 2. The minimum Gasteiger partial charge on any atom is -0.394 e. The Hall–Kier alpha value is -1.15. The molecule has 1 aliphatic rings. The highest BCUT2D eigenvalue weighted by Crippen LogP contribution is 2.24. The Labute approximate surface area is 462 Å². The molecule has 8 N–H and O–H groups in total. The van der Waals surface area contributed by atoms with Crippen molar-refractivity contribution in [3.63, 3.8) is 0 Å². The average molecular weight is 1070 g/mol. The van der Waals surface area contributed by atoms with Gasteiger partial charge in [-0.25, -0.2) is 0 Å². The molecule has 1 fully saturated rings. The van der Waals surface area contributed by atoms with Crippen LogP contribution in [0.3, 0.4) is 0 Å². The van der Waals surface area contributed by atoms with E-state index in [1.807, 2.05) is 0 Å². The van der Waals surface area contributed by atoms with Gasteiger partial charge >= 0.3 is 0 Å². The summed E-state index contributed by atoms with van der Waals surface area (Å²) in [6, 6.07) is -1.18. The molecule has 1 aliphatic heterocycles. The molecule has 11 heteroatoms. The summed E-state index contributed by atoms with van der Waals surface area (Å²) in [5, 5.41) is 76.3. The minimum atomic E-state index is -1.67. The Balaban J connectivity index is 2.26. The smallest absolute Gasteiger partial charge is 0.249 e. The van der Waals surface area contributed by atoms with Gasteiger partial charge in [0.05, 0.1) is 25.4 Å². The maximum atomic E-state index is 13.2. The van der Waals surface area contributed by atoms with Gasteiger partial charge in [0.25, 0.3) is 0 Å². The van der Waals surface area contributed by atoms with Gasteiger partial charge in [-0.2, -0.15) is 0 Å². The van der Waals surface area contributed by atoms with Crippen molar-refractivity contribution in [1.29, 1.82) is 0 Å². The molecule has 0 bridgehead atoms. The highest BCUT2D eigenvalue weighted by atomic mass is 16.7. The van der Waals surface area contributed by atoms with Crippen LogP contribution in [0.1, 0.15) is 322 Å². The second-order valence-corrected chi connectivity index (χ2v) is 23.2. The van der Waals surface area contributed by atoms with Crippen molar-refractivity contribution in [2.24, 2.45) is 0 Å². The second kappa shape index (κ2) is 53.5. The Kier molecular flexibility index (Phi) is 51.3. The predicted molar refractivity (Wildman–Crippen MR) is 312 cm³/mol. The number of ether oxygens (including phenoxy) is 2. The number of amides is 1. The van der Waals surface area contributed by atoms with E-state index >= 15 is 0 Å². The zero-order valence-electron chi connectivity index (χ0n) is 49.1. The van der Waals surface area contributed by atoms with Crippen LogP contribution in [0, 0.1) is 0 Å². The molecule has 1 amide bonds. The fourth-order valence-corrected chi connectivity index (χ4v) is 10.8. The molecule has 11 nitrogen and oxygen atoms in total. The topological polar surface area (TPSA) is 189 Å². The lowest BCUT2D eigenvalue weighted by Gasteiger charge is -2.40. The van der Waals surface area contributed by atoms with E-state index in [0.29, 0.717) is 12.8 Å². The van der Waals surface area contributed by atoms with Crippen molar-refractivity contribution >= 4 is 5.91 Å². The molecule has 1 heterocycles. The fourth-order valence-electron chi connectivity index (χ4n) is 10.8. The van der Waals surface area contributed by atoms with Crippen LogP contribution in [0.2, 0.25) is 0 Å². The van der Waals surface area contributed by atoms with Gasteiger partial charge in [0.2, 0.25) is 5.91 Å². The van der Waals surface area contributed by atoms with E-state index in [9.17, 15) is 40.5 Å². The van der Waals surface area contributed by atoms with E-state index in [-0.39, 0.29) is 12.8 Å². The SMILES string of the molecule is CCCCCCCCCCCCCCCCCCCCC/C=C/CCCC(O)C(O)C(COC1OC(CO)C(O)C(O)C1O)NC(=O)C(O)CCCCCCCCCCCCCCCCCCCCCCCCCC. The van der Waals surface area contributed by atoms with Crippen LogP contribution in [0.4, 0.5) is 0 Å². The van der Waals surface area contributed by atoms with Crippen LogP contribution in [-0.2, 0) is 14.3 Å². The molecule has 0 aliphatic carbocycles. The monoisotopic (exact) mass is 1070 g/mol. The van der Waals surface area contributed by atoms with E-state index in [1.165, 1.54) is 244 Å².